The SMILES string of the molecule is COc1cc(N)cc(N2CCOC3CCCC32)c1. The standard InChI is InChI=1S/C14H20N2O2/c1-17-12-8-10(15)7-11(9-12)16-5-6-18-14-4-2-3-13(14)16/h7-9,13-14H,2-6,15H2,1H3. The molecule has 1 heterocycles. The summed E-state index contributed by atoms with van der Waals surface area (Å²) >= 11 is 0. The molecule has 1 aromatic rings. The summed E-state index contributed by atoms with van der Waals surface area (Å²) in [5.74, 6) is 0.825. The number of benzene rings is 1. The van der Waals surface area contributed by atoms with Crippen LogP contribution in [0, 0.1) is 0 Å². The van der Waals surface area contributed by atoms with Crippen molar-refractivity contribution in [2.24, 2.45) is 0 Å². The molecule has 2 N–H and O–H groups in total. The highest BCUT2D eigenvalue weighted by Gasteiger charge is 2.36. The van der Waals surface area contributed by atoms with Gasteiger partial charge in [-0.2, -0.15) is 0 Å². The predicted molar refractivity (Wildman–Crippen MR) is 72.1 cm³/mol. The summed E-state index contributed by atoms with van der Waals surface area (Å²) in [4.78, 5) is 2.43. The summed E-state index contributed by atoms with van der Waals surface area (Å²) in [6, 6.07) is 6.46. The molecule has 3 rings (SSSR count). The minimum Gasteiger partial charge on any atom is -0.497 e. The van der Waals surface area contributed by atoms with E-state index in [0.717, 1.165) is 30.3 Å². The first kappa shape index (κ1) is 11.7. The molecule has 2 aliphatic rings. The van der Waals surface area contributed by atoms with E-state index in [1.165, 1.54) is 19.3 Å². The number of rotatable bonds is 2. The second-order valence-corrected chi connectivity index (χ2v) is 5.07. The third-order valence-corrected chi connectivity index (χ3v) is 3.96. The molecule has 0 aromatic heterocycles. The monoisotopic (exact) mass is 248 g/mol. The van der Waals surface area contributed by atoms with Crippen molar-refractivity contribution in [3.05, 3.63) is 18.2 Å². The summed E-state index contributed by atoms with van der Waals surface area (Å²) in [7, 11) is 1.68. The van der Waals surface area contributed by atoms with Crippen LogP contribution in [0.1, 0.15) is 19.3 Å². The molecule has 1 aliphatic heterocycles. The zero-order chi connectivity index (χ0) is 12.5. The normalized spacial score (nSPS) is 27.1. The van der Waals surface area contributed by atoms with Gasteiger partial charge in [0.1, 0.15) is 5.75 Å². The zero-order valence-corrected chi connectivity index (χ0v) is 10.8. The minimum atomic E-state index is 0.395. The van der Waals surface area contributed by atoms with E-state index in [2.05, 4.69) is 11.0 Å². The Kier molecular flexibility index (Phi) is 3.04. The van der Waals surface area contributed by atoms with Gasteiger partial charge >= 0.3 is 0 Å². The van der Waals surface area contributed by atoms with Crippen LogP contribution in [0.25, 0.3) is 0 Å². The van der Waals surface area contributed by atoms with Gasteiger partial charge in [-0.15, -0.1) is 0 Å². The summed E-state index contributed by atoms with van der Waals surface area (Å²) in [5.41, 5.74) is 7.86. The lowest BCUT2D eigenvalue weighted by Crippen LogP contribution is -2.48. The molecule has 1 aliphatic carbocycles. The molecule has 0 amide bonds. The maximum Gasteiger partial charge on any atom is 0.122 e. The van der Waals surface area contributed by atoms with Gasteiger partial charge in [-0.25, -0.2) is 0 Å². The van der Waals surface area contributed by atoms with E-state index in [1.54, 1.807) is 7.11 Å². The Hall–Kier alpha value is -1.42. The Labute approximate surface area is 108 Å². The molecular formula is C14H20N2O2. The van der Waals surface area contributed by atoms with Crippen molar-refractivity contribution in [1.29, 1.82) is 0 Å². The molecule has 0 bridgehead atoms. The molecule has 0 radical (unpaired) electrons. The van der Waals surface area contributed by atoms with Crippen molar-refractivity contribution < 1.29 is 9.47 Å². The summed E-state index contributed by atoms with van der Waals surface area (Å²) in [5, 5.41) is 0. The maximum atomic E-state index is 5.94. The maximum absolute atomic E-state index is 5.94. The Bertz CT molecular complexity index is 436. The fourth-order valence-corrected chi connectivity index (χ4v) is 3.14. The van der Waals surface area contributed by atoms with Crippen molar-refractivity contribution in [3.8, 4) is 5.75 Å². The first-order chi connectivity index (χ1) is 8.78. The first-order valence-corrected chi connectivity index (χ1v) is 6.61. The highest BCUT2D eigenvalue weighted by atomic mass is 16.5. The van der Waals surface area contributed by atoms with Crippen LogP contribution in [0.15, 0.2) is 18.2 Å². The number of methoxy groups -OCH3 is 1. The molecule has 4 heteroatoms. The molecule has 1 saturated carbocycles. The van der Waals surface area contributed by atoms with Crippen LogP contribution in [0.2, 0.25) is 0 Å². The number of nitrogens with two attached hydrogens (primary N) is 1. The van der Waals surface area contributed by atoms with Crippen LogP contribution in [-0.4, -0.2) is 32.4 Å². The van der Waals surface area contributed by atoms with Gasteiger partial charge in [0, 0.05) is 30.1 Å². The van der Waals surface area contributed by atoms with Crippen LogP contribution < -0.4 is 15.4 Å². The molecule has 2 fully saturated rings. The number of fused-ring (bicyclic) bond motifs is 1. The number of nitrogens with zero attached hydrogens (tertiary/aromatic N) is 1. The van der Waals surface area contributed by atoms with Crippen molar-refractivity contribution in [3.63, 3.8) is 0 Å². The van der Waals surface area contributed by atoms with E-state index in [1.807, 2.05) is 12.1 Å². The molecule has 98 valence electrons. The van der Waals surface area contributed by atoms with Gasteiger partial charge in [0.15, 0.2) is 0 Å². The summed E-state index contributed by atoms with van der Waals surface area (Å²) in [6.07, 6.45) is 4.04. The van der Waals surface area contributed by atoms with Gasteiger partial charge in [-0.1, -0.05) is 0 Å². The summed E-state index contributed by atoms with van der Waals surface area (Å²) in [6.45, 7) is 1.74. The number of hydrogen-bond donors (Lipinski definition) is 1. The smallest absolute Gasteiger partial charge is 0.122 e. The van der Waals surface area contributed by atoms with Gasteiger partial charge < -0.3 is 20.1 Å². The molecule has 2 atom stereocenters. The van der Waals surface area contributed by atoms with E-state index in [9.17, 15) is 0 Å². The lowest BCUT2D eigenvalue weighted by molar-refractivity contribution is 0.0256. The van der Waals surface area contributed by atoms with E-state index < -0.39 is 0 Å². The van der Waals surface area contributed by atoms with Crippen molar-refractivity contribution >= 4 is 11.4 Å². The largest absolute Gasteiger partial charge is 0.497 e. The van der Waals surface area contributed by atoms with E-state index >= 15 is 0 Å². The van der Waals surface area contributed by atoms with Crippen LogP contribution in [-0.2, 0) is 4.74 Å². The van der Waals surface area contributed by atoms with Gasteiger partial charge in [0.25, 0.3) is 0 Å². The fourth-order valence-electron chi connectivity index (χ4n) is 3.14. The molecule has 2 unspecified atom stereocenters. The number of anilines is 2. The quantitative estimate of drug-likeness (QED) is 0.814. The predicted octanol–water partition coefficient (Wildman–Crippen LogP) is 2.04. The molecular weight excluding hydrogens is 228 g/mol. The zero-order valence-electron chi connectivity index (χ0n) is 10.8. The highest BCUT2D eigenvalue weighted by Crippen LogP contribution is 2.35. The molecule has 4 nitrogen and oxygen atoms in total. The van der Waals surface area contributed by atoms with Crippen LogP contribution >= 0.6 is 0 Å². The second kappa shape index (κ2) is 4.69. The summed E-state index contributed by atoms with van der Waals surface area (Å²) < 4.78 is 11.1. The Balaban J connectivity index is 1.90. The number of hydrogen-bond acceptors (Lipinski definition) is 4. The molecule has 1 aromatic carbocycles. The van der Waals surface area contributed by atoms with E-state index in [4.69, 9.17) is 15.2 Å². The number of morpholine rings is 1. The molecule has 0 spiro atoms. The number of nitrogen functional groups attached to an aromatic ring is 1. The van der Waals surface area contributed by atoms with Gasteiger partial charge in [-0.05, 0) is 25.3 Å². The molecule has 1 saturated heterocycles. The topological polar surface area (TPSA) is 47.7 Å². The average Bonchev–Trinajstić information content (AvgIpc) is 2.85. The van der Waals surface area contributed by atoms with Crippen molar-refractivity contribution in [1.82, 2.24) is 0 Å². The molecule has 18 heavy (non-hydrogen) atoms. The fraction of sp³-hybridized carbons (Fsp3) is 0.571. The Morgan fingerprint density at radius 2 is 2.22 bits per heavy atom. The Morgan fingerprint density at radius 3 is 3.06 bits per heavy atom. The minimum absolute atomic E-state index is 0.395. The van der Waals surface area contributed by atoms with Crippen LogP contribution in [0.3, 0.4) is 0 Å². The second-order valence-electron chi connectivity index (χ2n) is 5.07. The van der Waals surface area contributed by atoms with Gasteiger partial charge in [0.2, 0.25) is 0 Å². The Morgan fingerprint density at radius 1 is 1.33 bits per heavy atom. The lowest BCUT2D eigenvalue weighted by Gasteiger charge is -2.39. The number of ether oxygens (including phenoxy) is 2. The third kappa shape index (κ3) is 2.01. The van der Waals surface area contributed by atoms with Crippen molar-refractivity contribution in [2.45, 2.75) is 31.4 Å². The van der Waals surface area contributed by atoms with E-state index in [-0.39, 0.29) is 0 Å². The highest BCUT2D eigenvalue weighted by molar-refractivity contribution is 5.61. The van der Waals surface area contributed by atoms with Crippen LogP contribution in [0.4, 0.5) is 11.4 Å². The first-order valence-electron chi connectivity index (χ1n) is 6.61. The van der Waals surface area contributed by atoms with Gasteiger partial charge in [0.05, 0.1) is 25.9 Å². The third-order valence-electron chi connectivity index (χ3n) is 3.96. The average molecular weight is 248 g/mol. The van der Waals surface area contributed by atoms with E-state index in [0.29, 0.717) is 12.1 Å². The van der Waals surface area contributed by atoms with Crippen molar-refractivity contribution in [2.75, 3.05) is 30.9 Å². The van der Waals surface area contributed by atoms with Gasteiger partial charge in [-0.3, -0.25) is 0 Å². The van der Waals surface area contributed by atoms with Crippen LogP contribution in [0.5, 0.6) is 5.75 Å². The lowest BCUT2D eigenvalue weighted by atomic mass is 10.1.